The van der Waals surface area contributed by atoms with Crippen molar-refractivity contribution in [3.05, 3.63) is 59.4 Å². The van der Waals surface area contributed by atoms with E-state index in [-0.39, 0.29) is 42.8 Å². The van der Waals surface area contributed by atoms with Gasteiger partial charge in [0, 0.05) is 38.8 Å². The largest absolute Gasteiger partial charge is 0.355 e. The SMILES string of the molecule is Cc1cnc(C(=O)N(CCC(=O)NCCN(C)C)Cc2ccc(F)cc2)cn1. The fourth-order valence-electron chi connectivity index (χ4n) is 2.47. The average molecular weight is 387 g/mol. The molecule has 1 aromatic carbocycles. The highest BCUT2D eigenvalue weighted by Crippen LogP contribution is 2.10. The molecule has 7 nitrogen and oxygen atoms in total. The van der Waals surface area contributed by atoms with Gasteiger partial charge in [-0.2, -0.15) is 0 Å². The van der Waals surface area contributed by atoms with Gasteiger partial charge in [0.05, 0.1) is 11.9 Å². The quantitative estimate of drug-likeness (QED) is 0.708. The molecular weight excluding hydrogens is 361 g/mol. The van der Waals surface area contributed by atoms with Crippen LogP contribution in [0, 0.1) is 12.7 Å². The van der Waals surface area contributed by atoms with E-state index in [1.165, 1.54) is 29.4 Å². The topological polar surface area (TPSA) is 78.4 Å². The number of nitrogens with zero attached hydrogens (tertiary/aromatic N) is 4. The number of carbonyl (C=O) groups is 2. The molecule has 1 aromatic heterocycles. The molecule has 1 heterocycles. The van der Waals surface area contributed by atoms with Gasteiger partial charge in [-0.25, -0.2) is 9.37 Å². The summed E-state index contributed by atoms with van der Waals surface area (Å²) >= 11 is 0. The van der Waals surface area contributed by atoms with E-state index >= 15 is 0 Å². The predicted octanol–water partition coefficient (Wildman–Crippen LogP) is 1.63. The lowest BCUT2D eigenvalue weighted by Crippen LogP contribution is -2.37. The van der Waals surface area contributed by atoms with Gasteiger partial charge in [-0.3, -0.25) is 14.6 Å². The van der Waals surface area contributed by atoms with Crippen LogP contribution in [0.2, 0.25) is 0 Å². The molecule has 2 rings (SSSR count). The molecule has 0 spiro atoms. The van der Waals surface area contributed by atoms with E-state index in [1.807, 2.05) is 19.0 Å². The number of likely N-dealkylation sites (N-methyl/N-ethyl adjacent to an activating group) is 1. The van der Waals surface area contributed by atoms with Gasteiger partial charge in [-0.05, 0) is 38.7 Å². The first-order chi connectivity index (χ1) is 13.3. The summed E-state index contributed by atoms with van der Waals surface area (Å²) in [6, 6.07) is 5.93. The zero-order valence-corrected chi connectivity index (χ0v) is 16.5. The van der Waals surface area contributed by atoms with E-state index in [4.69, 9.17) is 0 Å². The molecule has 0 aliphatic carbocycles. The van der Waals surface area contributed by atoms with Crippen LogP contribution in [0.3, 0.4) is 0 Å². The highest BCUT2D eigenvalue weighted by Gasteiger charge is 2.19. The van der Waals surface area contributed by atoms with Crippen LogP contribution in [0.15, 0.2) is 36.7 Å². The van der Waals surface area contributed by atoms with Gasteiger partial charge in [-0.15, -0.1) is 0 Å². The Bertz CT molecular complexity index is 778. The summed E-state index contributed by atoms with van der Waals surface area (Å²) in [5, 5.41) is 2.83. The summed E-state index contributed by atoms with van der Waals surface area (Å²) in [7, 11) is 3.86. The Kier molecular flexibility index (Phi) is 8.01. The predicted molar refractivity (Wildman–Crippen MR) is 104 cm³/mol. The number of benzene rings is 1. The Morgan fingerprint density at radius 2 is 1.79 bits per heavy atom. The lowest BCUT2D eigenvalue weighted by Gasteiger charge is -2.22. The minimum atomic E-state index is -0.341. The Balaban J connectivity index is 2.04. The Hall–Kier alpha value is -2.87. The maximum absolute atomic E-state index is 13.2. The number of amides is 2. The molecule has 0 radical (unpaired) electrons. The lowest BCUT2D eigenvalue weighted by molar-refractivity contribution is -0.121. The van der Waals surface area contributed by atoms with Crippen molar-refractivity contribution in [2.45, 2.75) is 19.9 Å². The summed E-state index contributed by atoms with van der Waals surface area (Å²) in [5.74, 6) is -0.794. The van der Waals surface area contributed by atoms with Gasteiger partial charge >= 0.3 is 0 Å². The van der Waals surface area contributed by atoms with Gasteiger partial charge in [0.1, 0.15) is 11.5 Å². The number of aryl methyl sites for hydroxylation is 1. The second kappa shape index (κ2) is 10.5. The van der Waals surface area contributed by atoms with Gasteiger partial charge in [0.15, 0.2) is 0 Å². The summed E-state index contributed by atoms with van der Waals surface area (Å²) < 4.78 is 13.2. The Morgan fingerprint density at radius 1 is 1.07 bits per heavy atom. The van der Waals surface area contributed by atoms with Gasteiger partial charge in [0.2, 0.25) is 5.91 Å². The molecule has 0 unspecified atom stereocenters. The molecule has 0 aliphatic heterocycles. The molecule has 0 saturated heterocycles. The highest BCUT2D eigenvalue weighted by atomic mass is 19.1. The molecule has 150 valence electrons. The van der Waals surface area contributed by atoms with Crippen LogP contribution in [0.1, 0.15) is 28.2 Å². The van der Waals surface area contributed by atoms with Gasteiger partial charge in [0.25, 0.3) is 5.91 Å². The van der Waals surface area contributed by atoms with E-state index in [1.54, 1.807) is 19.1 Å². The second-order valence-corrected chi connectivity index (χ2v) is 6.80. The molecule has 0 bridgehead atoms. The fourth-order valence-corrected chi connectivity index (χ4v) is 2.47. The molecule has 2 amide bonds. The number of carbonyl (C=O) groups excluding carboxylic acids is 2. The van der Waals surface area contributed by atoms with Crippen molar-refractivity contribution in [1.29, 1.82) is 0 Å². The van der Waals surface area contributed by atoms with Crippen molar-refractivity contribution in [2.24, 2.45) is 0 Å². The van der Waals surface area contributed by atoms with Crippen LogP contribution in [-0.4, -0.2) is 65.3 Å². The van der Waals surface area contributed by atoms with Crippen LogP contribution >= 0.6 is 0 Å². The van der Waals surface area contributed by atoms with E-state index in [9.17, 15) is 14.0 Å². The zero-order valence-electron chi connectivity index (χ0n) is 16.5. The van der Waals surface area contributed by atoms with Gasteiger partial charge in [-0.1, -0.05) is 12.1 Å². The van der Waals surface area contributed by atoms with Crippen molar-refractivity contribution in [2.75, 3.05) is 33.7 Å². The maximum atomic E-state index is 13.2. The van der Waals surface area contributed by atoms with Crippen LogP contribution < -0.4 is 5.32 Å². The third-order valence-electron chi connectivity index (χ3n) is 4.06. The van der Waals surface area contributed by atoms with E-state index in [0.717, 1.165) is 12.1 Å². The number of hydrogen-bond donors (Lipinski definition) is 1. The normalized spacial score (nSPS) is 10.8. The van der Waals surface area contributed by atoms with Crippen molar-refractivity contribution in [1.82, 2.24) is 25.1 Å². The van der Waals surface area contributed by atoms with Crippen LogP contribution in [-0.2, 0) is 11.3 Å². The third kappa shape index (κ3) is 7.03. The first-order valence-corrected chi connectivity index (χ1v) is 9.09. The number of nitrogens with one attached hydrogen (secondary N) is 1. The molecule has 28 heavy (non-hydrogen) atoms. The van der Waals surface area contributed by atoms with Crippen LogP contribution in [0.4, 0.5) is 4.39 Å². The molecular formula is C20H26FN5O2. The van der Waals surface area contributed by atoms with E-state index in [0.29, 0.717) is 12.2 Å². The molecule has 0 fully saturated rings. The van der Waals surface area contributed by atoms with Crippen LogP contribution in [0.25, 0.3) is 0 Å². The minimum Gasteiger partial charge on any atom is -0.355 e. The summed E-state index contributed by atoms with van der Waals surface area (Å²) in [6.07, 6.45) is 3.11. The monoisotopic (exact) mass is 387 g/mol. The average Bonchev–Trinajstić information content (AvgIpc) is 2.66. The van der Waals surface area contributed by atoms with Gasteiger partial charge < -0.3 is 15.1 Å². The second-order valence-electron chi connectivity index (χ2n) is 6.80. The molecule has 8 heteroatoms. The van der Waals surface area contributed by atoms with E-state index in [2.05, 4.69) is 15.3 Å². The standard InChI is InChI=1S/C20H26FN5O2/c1-15-12-24-18(13-23-15)20(28)26(14-16-4-6-17(21)7-5-16)10-8-19(27)22-9-11-25(2)3/h4-7,12-13H,8-11,14H2,1-3H3,(H,22,27). The summed E-state index contributed by atoms with van der Waals surface area (Å²) in [6.45, 7) is 3.54. The van der Waals surface area contributed by atoms with Crippen LogP contribution in [0.5, 0.6) is 0 Å². The molecule has 0 atom stereocenters. The third-order valence-corrected chi connectivity index (χ3v) is 4.06. The minimum absolute atomic E-state index is 0.131. The first-order valence-electron chi connectivity index (χ1n) is 9.09. The number of aromatic nitrogens is 2. The summed E-state index contributed by atoms with van der Waals surface area (Å²) in [4.78, 5) is 36.7. The zero-order chi connectivity index (χ0) is 20.5. The maximum Gasteiger partial charge on any atom is 0.274 e. The Morgan fingerprint density at radius 3 is 2.39 bits per heavy atom. The fraction of sp³-hybridized carbons (Fsp3) is 0.400. The Labute approximate surface area is 164 Å². The smallest absolute Gasteiger partial charge is 0.274 e. The van der Waals surface area contributed by atoms with Crippen molar-refractivity contribution in [3.8, 4) is 0 Å². The van der Waals surface area contributed by atoms with E-state index < -0.39 is 0 Å². The number of hydrogen-bond acceptors (Lipinski definition) is 5. The molecule has 0 aliphatic rings. The molecule has 2 aromatic rings. The number of rotatable bonds is 9. The summed E-state index contributed by atoms with van der Waals surface area (Å²) in [5.41, 5.74) is 1.69. The van der Waals surface area contributed by atoms with Crippen molar-refractivity contribution >= 4 is 11.8 Å². The number of halogens is 1. The van der Waals surface area contributed by atoms with Crippen molar-refractivity contribution in [3.63, 3.8) is 0 Å². The molecule has 0 saturated carbocycles. The first kappa shape index (κ1) is 21.4. The molecule has 1 N–H and O–H groups in total. The lowest BCUT2D eigenvalue weighted by atomic mass is 10.2. The van der Waals surface area contributed by atoms with Crippen molar-refractivity contribution < 1.29 is 14.0 Å². The highest BCUT2D eigenvalue weighted by molar-refractivity contribution is 5.92.